The Morgan fingerprint density at radius 2 is 1.94 bits per heavy atom. The van der Waals surface area contributed by atoms with Gasteiger partial charge in [0.05, 0.1) is 0 Å². The van der Waals surface area contributed by atoms with E-state index in [2.05, 4.69) is 37.5 Å². The molecule has 0 spiro atoms. The molecule has 0 heterocycles. The molecule has 1 fully saturated rings. The molecule has 1 aromatic rings. The van der Waals surface area contributed by atoms with E-state index < -0.39 is 0 Å². The highest BCUT2D eigenvalue weighted by Crippen LogP contribution is 2.27. The molecule has 1 unspecified atom stereocenters. The predicted octanol–water partition coefficient (Wildman–Crippen LogP) is 3.54. The van der Waals surface area contributed by atoms with E-state index in [0.717, 1.165) is 18.3 Å². The van der Waals surface area contributed by atoms with Crippen LogP contribution < -0.4 is 10.1 Å². The number of benzene rings is 1. The number of hydrogen-bond acceptors (Lipinski definition) is 2. The first kappa shape index (κ1) is 13.4. The average molecular weight is 247 g/mol. The minimum absolute atomic E-state index is 0.491. The Bertz CT molecular complexity index is 358. The molecule has 0 amide bonds. The van der Waals surface area contributed by atoms with Gasteiger partial charge in [-0.15, -0.1) is 0 Å². The predicted molar refractivity (Wildman–Crippen MR) is 76.1 cm³/mol. The van der Waals surface area contributed by atoms with Crippen molar-refractivity contribution < 1.29 is 4.74 Å². The Balaban J connectivity index is 1.88. The fourth-order valence-electron chi connectivity index (χ4n) is 2.89. The third kappa shape index (κ3) is 3.49. The summed E-state index contributed by atoms with van der Waals surface area (Å²) < 4.78 is 5.98. The van der Waals surface area contributed by atoms with Crippen molar-refractivity contribution in [2.24, 2.45) is 5.92 Å². The Morgan fingerprint density at radius 1 is 1.22 bits per heavy atom. The van der Waals surface area contributed by atoms with Gasteiger partial charge in [-0.05, 0) is 44.4 Å². The Labute approximate surface area is 111 Å². The molecule has 2 nitrogen and oxygen atoms in total. The van der Waals surface area contributed by atoms with Crippen LogP contribution in [0.4, 0.5) is 0 Å². The second kappa shape index (κ2) is 6.79. The lowest BCUT2D eigenvalue weighted by Crippen LogP contribution is -2.39. The number of aryl methyl sites for hydroxylation is 1. The van der Waals surface area contributed by atoms with Gasteiger partial charge in [0, 0.05) is 6.04 Å². The second-order valence-electron chi connectivity index (χ2n) is 5.37. The first-order chi connectivity index (χ1) is 8.81. The lowest BCUT2D eigenvalue weighted by Gasteiger charge is -2.30. The third-order valence-corrected chi connectivity index (χ3v) is 4.10. The van der Waals surface area contributed by atoms with Gasteiger partial charge in [0.1, 0.15) is 12.4 Å². The average Bonchev–Trinajstić information content (AvgIpc) is 2.42. The molecule has 1 saturated carbocycles. The van der Waals surface area contributed by atoms with Crippen LogP contribution >= 0.6 is 0 Å². The molecule has 0 bridgehead atoms. The number of nitrogens with one attached hydrogen (secondary N) is 1. The number of para-hydroxylation sites is 1. The monoisotopic (exact) mass is 247 g/mol. The summed E-state index contributed by atoms with van der Waals surface area (Å²) >= 11 is 0. The van der Waals surface area contributed by atoms with Gasteiger partial charge in [0.15, 0.2) is 0 Å². The van der Waals surface area contributed by atoms with Crippen molar-refractivity contribution in [1.82, 2.24) is 5.32 Å². The molecule has 18 heavy (non-hydrogen) atoms. The fourth-order valence-corrected chi connectivity index (χ4v) is 2.89. The molecule has 0 radical (unpaired) electrons. The van der Waals surface area contributed by atoms with Crippen molar-refractivity contribution in [2.75, 3.05) is 13.7 Å². The summed E-state index contributed by atoms with van der Waals surface area (Å²) in [6, 6.07) is 8.74. The molecule has 2 heteroatoms. The van der Waals surface area contributed by atoms with E-state index in [4.69, 9.17) is 4.74 Å². The minimum atomic E-state index is 0.491. The van der Waals surface area contributed by atoms with Gasteiger partial charge in [-0.25, -0.2) is 0 Å². The lowest BCUT2D eigenvalue weighted by atomic mass is 9.84. The van der Waals surface area contributed by atoms with Crippen molar-refractivity contribution in [2.45, 2.75) is 45.1 Å². The number of likely N-dealkylation sites (N-methyl/N-ethyl adjacent to an activating group) is 1. The third-order valence-electron chi connectivity index (χ3n) is 4.10. The number of ether oxygens (including phenoxy) is 1. The van der Waals surface area contributed by atoms with Crippen molar-refractivity contribution in [1.29, 1.82) is 0 Å². The van der Waals surface area contributed by atoms with E-state index in [1.54, 1.807) is 0 Å². The zero-order chi connectivity index (χ0) is 12.8. The van der Waals surface area contributed by atoms with Crippen molar-refractivity contribution in [3.8, 4) is 5.75 Å². The molecule has 1 N–H and O–H groups in total. The van der Waals surface area contributed by atoms with Crippen molar-refractivity contribution >= 4 is 0 Å². The molecule has 100 valence electrons. The molecular weight excluding hydrogens is 222 g/mol. The maximum absolute atomic E-state index is 5.98. The highest BCUT2D eigenvalue weighted by atomic mass is 16.5. The Morgan fingerprint density at radius 3 is 2.61 bits per heavy atom. The highest BCUT2D eigenvalue weighted by Gasteiger charge is 2.22. The van der Waals surface area contributed by atoms with Crippen LogP contribution in [0.15, 0.2) is 24.3 Å². The maximum atomic E-state index is 5.98. The standard InChI is InChI=1S/C16H25NO/c1-13-8-6-7-11-16(13)18-12-15(17-2)14-9-4-3-5-10-14/h6-8,11,14-15,17H,3-5,9-10,12H2,1-2H3. The number of rotatable bonds is 5. The summed E-state index contributed by atoms with van der Waals surface area (Å²) in [4.78, 5) is 0. The molecule has 0 saturated heterocycles. The van der Waals surface area contributed by atoms with Crippen LogP contribution in [-0.4, -0.2) is 19.7 Å². The molecule has 1 aromatic carbocycles. The maximum Gasteiger partial charge on any atom is 0.122 e. The molecule has 1 atom stereocenters. The van der Waals surface area contributed by atoms with Gasteiger partial charge < -0.3 is 10.1 Å². The van der Waals surface area contributed by atoms with Crippen molar-refractivity contribution in [3.05, 3.63) is 29.8 Å². The zero-order valence-electron chi connectivity index (χ0n) is 11.6. The van der Waals surface area contributed by atoms with Crippen LogP contribution in [0, 0.1) is 12.8 Å². The smallest absolute Gasteiger partial charge is 0.122 e. The van der Waals surface area contributed by atoms with Crippen LogP contribution in [0.5, 0.6) is 5.75 Å². The normalized spacial score (nSPS) is 18.6. The van der Waals surface area contributed by atoms with Gasteiger partial charge in [-0.3, -0.25) is 0 Å². The van der Waals surface area contributed by atoms with E-state index in [1.165, 1.54) is 37.7 Å². The molecule has 0 aliphatic heterocycles. The molecule has 1 aliphatic carbocycles. The topological polar surface area (TPSA) is 21.3 Å². The Hall–Kier alpha value is -1.02. The van der Waals surface area contributed by atoms with Crippen LogP contribution in [0.1, 0.15) is 37.7 Å². The fraction of sp³-hybridized carbons (Fsp3) is 0.625. The van der Waals surface area contributed by atoms with E-state index in [1.807, 2.05) is 6.07 Å². The molecule has 2 rings (SSSR count). The first-order valence-electron chi connectivity index (χ1n) is 7.17. The molecule has 1 aliphatic rings. The second-order valence-corrected chi connectivity index (χ2v) is 5.37. The largest absolute Gasteiger partial charge is 0.492 e. The van der Waals surface area contributed by atoms with Gasteiger partial charge in [-0.1, -0.05) is 37.5 Å². The summed E-state index contributed by atoms with van der Waals surface area (Å²) in [7, 11) is 2.06. The van der Waals surface area contributed by atoms with Crippen LogP contribution in [0.2, 0.25) is 0 Å². The van der Waals surface area contributed by atoms with Gasteiger partial charge in [0.2, 0.25) is 0 Å². The molecular formula is C16H25NO. The zero-order valence-corrected chi connectivity index (χ0v) is 11.6. The summed E-state index contributed by atoms with van der Waals surface area (Å²) in [6.45, 7) is 2.89. The quantitative estimate of drug-likeness (QED) is 0.859. The summed E-state index contributed by atoms with van der Waals surface area (Å²) in [6.07, 6.45) is 6.87. The summed E-state index contributed by atoms with van der Waals surface area (Å²) in [5.41, 5.74) is 1.22. The van der Waals surface area contributed by atoms with E-state index in [0.29, 0.717) is 6.04 Å². The van der Waals surface area contributed by atoms with Gasteiger partial charge in [0.25, 0.3) is 0 Å². The first-order valence-corrected chi connectivity index (χ1v) is 7.17. The van der Waals surface area contributed by atoms with E-state index in [9.17, 15) is 0 Å². The van der Waals surface area contributed by atoms with Crippen LogP contribution in [0.3, 0.4) is 0 Å². The summed E-state index contributed by atoms with van der Waals surface area (Å²) in [5, 5.41) is 3.44. The lowest BCUT2D eigenvalue weighted by molar-refractivity contribution is 0.192. The Kier molecular flexibility index (Phi) is 5.06. The minimum Gasteiger partial charge on any atom is -0.492 e. The van der Waals surface area contributed by atoms with Crippen molar-refractivity contribution in [3.63, 3.8) is 0 Å². The summed E-state index contributed by atoms with van der Waals surface area (Å²) in [5.74, 6) is 1.81. The van der Waals surface area contributed by atoms with E-state index >= 15 is 0 Å². The highest BCUT2D eigenvalue weighted by molar-refractivity contribution is 5.31. The van der Waals surface area contributed by atoms with Crippen LogP contribution in [0.25, 0.3) is 0 Å². The van der Waals surface area contributed by atoms with Gasteiger partial charge >= 0.3 is 0 Å². The van der Waals surface area contributed by atoms with E-state index in [-0.39, 0.29) is 0 Å². The van der Waals surface area contributed by atoms with Gasteiger partial charge in [-0.2, -0.15) is 0 Å². The number of hydrogen-bond donors (Lipinski definition) is 1. The molecule has 0 aromatic heterocycles. The van der Waals surface area contributed by atoms with Crippen LogP contribution in [-0.2, 0) is 0 Å². The SMILES string of the molecule is CNC(COc1ccccc1C)C1CCCCC1.